The fraction of sp³-hybridized carbons (Fsp3) is 0.273. The molecule has 0 atom stereocenters. The van der Waals surface area contributed by atoms with Crippen molar-refractivity contribution >= 4 is 22.9 Å². The molecule has 0 saturated heterocycles. The highest BCUT2D eigenvalue weighted by molar-refractivity contribution is 7.14. The van der Waals surface area contributed by atoms with Gasteiger partial charge in [0.15, 0.2) is 0 Å². The van der Waals surface area contributed by atoms with Gasteiger partial charge in [-0.2, -0.15) is 0 Å². The molecular weight excluding hydrogens is 356 g/mol. The number of ether oxygens (including phenoxy) is 1. The maximum atomic E-state index is 13.3. The molecule has 1 amide bonds. The van der Waals surface area contributed by atoms with Crippen LogP contribution >= 0.6 is 11.3 Å². The molecule has 0 aliphatic heterocycles. The van der Waals surface area contributed by atoms with Gasteiger partial charge in [-0.3, -0.25) is 9.78 Å². The Balaban J connectivity index is 1.64. The number of amides is 1. The third-order valence-corrected chi connectivity index (χ3v) is 5.91. The summed E-state index contributed by atoms with van der Waals surface area (Å²) >= 11 is 1.55. The van der Waals surface area contributed by atoms with Crippen molar-refractivity contribution in [1.29, 1.82) is 0 Å². The van der Waals surface area contributed by atoms with Crippen LogP contribution in [0.1, 0.15) is 27.4 Å². The van der Waals surface area contributed by atoms with Crippen molar-refractivity contribution in [2.24, 2.45) is 5.92 Å². The van der Waals surface area contributed by atoms with E-state index in [9.17, 15) is 4.79 Å². The molecule has 0 spiro atoms. The molecule has 0 N–H and O–H groups in total. The summed E-state index contributed by atoms with van der Waals surface area (Å²) in [5.74, 6) is 1.49. The number of carbonyl (C=O) groups is 1. The maximum absolute atomic E-state index is 13.3. The predicted octanol–water partition coefficient (Wildman–Crippen LogP) is 5.18. The van der Waals surface area contributed by atoms with E-state index in [1.807, 2.05) is 47.4 Å². The van der Waals surface area contributed by atoms with Gasteiger partial charge in [0.1, 0.15) is 5.75 Å². The Morgan fingerprint density at radius 3 is 2.67 bits per heavy atom. The Morgan fingerprint density at radius 2 is 2.04 bits per heavy atom. The number of aromatic nitrogens is 1. The van der Waals surface area contributed by atoms with Crippen LogP contribution in [0.5, 0.6) is 5.75 Å². The van der Waals surface area contributed by atoms with Crippen molar-refractivity contribution in [2.75, 3.05) is 18.6 Å². The lowest BCUT2D eigenvalue weighted by Crippen LogP contribution is -2.32. The number of pyridine rings is 1. The molecule has 4 rings (SSSR count). The molecule has 2 aromatic heterocycles. The average molecular weight is 378 g/mol. The highest BCUT2D eigenvalue weighted by atomic mass is 32.1. The van der Waals surface area contributed by atoms with E-state index in [0.717, 1.165) is 38.9 Å². The lowest BCUT2D eigenvalue weighted by atomic mass is 10.1. The first-order valence-corrected chi connectivity index (χ1v) is 9.94. The van der Waals surface area contributed by atoms with E-state index in [1.54, 1.807) is 30.8 Å². The Kier molecular flexibility index (Phi) is 4.94. The van der Waals surface area contributed by atoms with Gasteiger partial charge in [0.05, 0.1) is 23.9 Å². The second-order valence-corrected chi connectivity index (χ2v) is 8.14. The zero-order valence-electron chi connectivity index (χ0n) is 15.5. The summed E-state index contributed by atoms with van der Waals surface area (Å²) in [5.41, 5.74) is 3.06. The van der Waals surface area contributed by atoms with E-state index in [1.165, 1.54) is 12.8 Å². The van der Waals surface area contributed by atoms with Gasteiger partial charge in [-0.25, -0.2) is 0 Å². The first-order chi connectivity index (χ1) is 13.2. The Labute approximate surface area is 163 Å². The Morgan fingerprint density at radius 1 is 1.26 bits per heavy atom. The molecule has 4 nitrogen and oxygen atoms in total. The Hall–Kier alpha value is -2.66. The minimum Gasteiger partial charge on any atom is -0.497 e. The molecular formula is C22H22N2O2S. The summed E-state index contributed by atoms with van der Waals surface area (Å²) in [5, 5.41) is 0. The van der Waals surface area contributed by atoms with Gasteiger partial charge >= 0.3 is 0 Å². The SMILES string of the molecule is COc1ccc(-c2cc(C(=O)N(CC3CC3)c3cccnc3)sc2C)cc1. The van der Waals surface area contributed by atoms with Crippen molar-refractivity contribution in [3.63, 3.8) is 0 Å². The first kappa shape index (κ1) is 17.7. The summed E-state index contributed by atoms with van der Waals surface area (Å²) in [7, 11) is 1.66. The molecule has 1 fully saturated rings. The molecule has 27 heavy (non-hydrogen) atoms. The van der Waals surface area contributed by atoms with Crippen molar-refractivity contribution in [1.82, 2.24) is 4.98 Å². The summed E-state index contributed by atoms with van der Waals surface area (Å²) in [6, 6.07) is 13.8. The van der Waals surface area contributed by atoms with Gasteiger partial charge in [-0.1, -0.05) is 12.1 Å². The van der Waals surface area contributed by atoms with Crippen LogP contribution in [-0.4, -0.2) is 24.5 Å². The number of aryl methyl sites for hydroxylation is 1. The van der Waals surface area contributed by atoms with Crippen LogP contribution in [0.3, 0.4) is 0 Å². The Bertz CT molecular complexity index is 931. The summed E-state index contributed by atoms with van der Waals surface area (Å²) in [4.78, 5) is 21.3. The number of carbonyl (C=O) groups excluding carboxylic acids is 1. The second kappa shape index (κ2) is 7.53. The van der Waals surface area contributed by atoms with E-state index in [-0.39, 0.29) is 5.91 Å². The molecule has 0 bridgehead atoms. The molecule has 138 valence electrons. The van der Waals surface area contributed by atoms with Crippen molar-refractivity contribution in [3.8, 4) is 16.9 Å². The minimum atomic E-state index is 0.0581. The van der Waals surface area contributed by atoms with E-state index >= 15 is 0 Å². The van der Waals surface area contributed by atoms with Gasteiger partial charge in [-0.05, 0) is 67.1 Å². The van der Waals surface area contributed by atoms with E-state index in [4.69, 9.17) is 4.74 Å². The monoisotopic (exact) mass is 378 g/mol. The number of hydrogen-bond donors (Lipinski definition) is 0. The topological polar surface area (TPSA) is 42.4 Å². The number of thiophene rings is 1. The number of hydrogen-bond acceptors (Lipinski definition) is 4. The van der Waals surface area contributed by atoms with Crippen LogP contribution in [0.25, 0.3) is 11.1 Å². The average Bonchev–Trinajstić information content (AvgIpc) is 3.46. The first-order valence-electron chi connectivity index (χ1n) is 9.12. The largest absolute Gasteiger partial charge is 0.497 e. The van der Waals surface area contributed by atoms with Crippen molar-refractivity contribution < 1.29 is 9.53 Å². The number of methoxy groups -OCH3 is 1. The number of benzene rings is 1. The summed E-state index contributed by atoms with van der Waals surface area (Å²) < 4.78 is 5.24. The molecule has 1 aliphatic rings. The van der Waals surface area contributed by atoms with Gasteiger partial charge < -0.3 is 9.64 Å². The van der Waals surface area contributed by atoms with Gasteiger partial charge in [0.2, 0.25) is 0 Å². The van der Waals surface area contributed by atoms with E-state index < -0.39 is 0 Å². The van der Waals surface area contributed by atoms with Gasteiger partial charge in [-0.15, -0.1) is 11.3 Å². The predicted molar refractivity (Wildman–Crippen MR) is 110 cm³/mol. The van der Waals surface area contributed by atoms with E-state index in [0.29, 0.717) is 5.92 Å². The number of rotatable bonds is 6. The maximum Gasteiger partial charge on any atom is 0.268 e. The molecule has 1 aromatic carbocycles. The van der Waals surface area contributed by atoms with Crippen LogP contribution in [0.15, 0.2) is 54.9 Å². The highest BCUT2D eigenvalue weighted by Crippen LogP contribution is 2.35. The lowest BCUT2D eigenvalue weighted by molar-refractivity contribution is 0.0989. The molecule has 5 heteroatoms. The summed E-state index contributed by atoms with van der Waals surface area (Å²) in [6.07, 6.45) is 5.90. The normalized spacial score (nSPS) is 13.4. The van der Waals surface area contributed by atoms with Crippen LogP contribution < -0.4 is 9.64 Å². The standard InChI is InChI=1S/C22H22N2O2S/c1-15-20(17-7-9-19(26-2)10-8-17)12-21(27-15)22(25)24(14-16-5-6-16)18-4-3-11-23-13-18/h3-4,7-13,16H,5-6,14H2,1-2H3. The van der Waals surface area contributed by atoms with Crippen LogP contribution in [0.2, 0.25) is 0 Å². The lowest BCUT2D eigenvalue weighted by Gasteiger charge is -2.21. The van der Waals surface area contributed by atoms with Crippen LogP contribution in [-0.2, 0) is 0 Å². The smallest absolute Gasteiger partial charge is 0.268 e. The fourth-order valence-electron chi connectivity index (χ4n) is 3.16. The summed E-state index contributed by atoms with van der Waals surface area (Å²) in [6.45, 7) is 2.83. The van der Waals surface area contributed by atoms with Crippen molar-refractivity contribution in [2.45, 2.75) is 19.8 Å². The molecule has 3 aromatic rings. The molecule has 0 unspecified atom stereocenters. The third kappa shape index (κ3) is 3.88. The number of anilines is 1. The fourth-order valence-corrected chi connectivity index (χ4v) is 4.15. The molecule has 0 radical (unpaired) electrons. The van der Waals surface area contributed by atoms with Crippen LogP contribution in [0, 0.1) is 12.8 Å². The number of nitrogens with zero attached hydrogens (tertiary/aromatic N) is 2. The third-order valence-electron chi connectivity index (χ3n) is 4.87. The molecule has 1 aliphatic carbocycles. The second-order valence-electron chi connectivity index (χ2n) is 6.88. The highest BCUT2D eigenvalue weighted by Gasteiger charge is 2.29. The van der Waals surface area contributed by atoms with Gasteiger partial charge in [0.25, 0.3) is 5.91 Å². The zero-order valence-corrected chi connectivity index (χ0v) is 16.3. The molecule has 2 heterocycles. The van der Waals surface area contributed by atoms with Gasteiger partial charge in [0, 0.05) is 17.6 Å². The van der Waals surface area contributed by atoms with E-state index in [2.05, 4.69) is 11.9 Å². The van der Waals surface area contributed by atoms with Crippen LogP contribution in [0.4, 0.5) is 5.69 Å². The minimum absolute atomic E-state index is 0.0581. The zero-order chi connectivity index (χ0) is 18.8. The molecule has 1 saturated carbocycles. The quantitative estimate of drug-likeness (QED) is 0.593. The van der Waals surface area contributed by atoms with Crippen molar-refractivity contribution in [3.05, 3.63) is 64.6 Å².